The Morgan fingerprint density at radius 3 is 2.44 bits per heavy atom. The zero-order valence-electron chi connectivity index (χ0n) is 9.77. The van der Waals surface area contributed by atoms with Crippen LogP contribution in [-0.2, 0) is 17.6 Å². The maximum absolute atomic E-state index is 10.8. The fourth-order valence-electron chi connectivity index (χ4n) is 1.91. The molecule has 0 spiro atoms. The molecule has 2 nitrogen and oxygen atoms in total. The van der Waals surface area contributed by atoms with Crippen LogP contribution in [0.4, 0.5) is 0 Å². The van der Waals surface area contributed by atoms with E-state index in [1.54, 1.807) is 12.1 Å². The Hall–Kier alpha value is -1.80. The number of carboxylic acids is 1. The van der Waals surface area contributed by atoms with Gasteiger partial charge in [0.2, 0.25) is 0 Å². The second-order valence-corrected chi connectivity index (χ2v) is 4.58. The summed E-state index contributed by atoms with van der Waals surface area (Å²) in [7, 11) is 0. The molecule has 0 aromatic heterocycles. The summed E-state index contributed by atoms with van der Waals surface area (Å²) in [6.45, 7) is 0. The second kappa shape index (κ2) is 5.69. The molecule has 2 aromatic carbocycles. The first-order chi connectivity index (χ1) is 8.65. The maximum atomic E-state index is 10.8. The molecule has 0 saturated carbocycles. The number of hydrogen-bond acceptors (Lipinski definition) is 1. The van der Waals surface area contributed by atoms with Crippen molar-refractivity contribution in [2.45, 2.75) is 12.8 Å². The van der Waals surface area contributed by atoms with Crippen LogP contribution in [0, 0.1) is 0 Å². The Morgan fingerprint density at radius 2 is 1.78 bits per heavy atom. The molecule has 0 saturated heterocycles. The Morgan fingerprint density at radius 1 is 1.06 bits per heavy atom. The summed E-state index contributed by atoms with van der Waals surface area (Å²) in [5.41, 5.74) is 2.93. The average Bonchev–Trinajstić information content (AvgIpc) is 2.33. The quantitative estimate of drug-likeness (QED) is 0.913. The van der Waals surface area contributed by atoms with E-state index in [-0.39, 0.29) is 6.42 Å². The minimum absolute atomic E-state index is 0.0271. The number of carbonyl (C=O) groups is 1. The van der Waals surface area contributed by atoms with Crippen LogP contribution in [0.5, 0.6) is 0 Å². The lowest BCUT2D eigenvalue weighted by atomic mass is 9.98. The lowest BCUT2D eigenvalue weighted by molar-refractivity contribution is -0.136. The van der Waals surface area contributed by atoms with Crippen molar-refractivity contribution in [3.05, 3.63) is 70.2 Å². The topological polar surface area (TPSA) is 37.3 Å². The van der Waals surface area contributed by atoms with E-state index >= 15 is 0 Å². The van der Waals surface area contributed by atoms with Gasteiger partial charge in [-0.15, -0.1) is 0 Å². The standard InChI is InChI=1S/C15H13ClO2/c16-14-7-6-12(10-15(17)18)13(9-14)8-11-4-2-1-3-5-11/h1-7,9H,8,10H2,(H,17,18). The lowest BCUT2D eigenvalue weighted by Gasteiger charge is -2.08. The molecule has 0 aliphatic carbocycles. The van der Waals surface area contributed by atoms with Crippen LogP contribution >= 0.6 is 11.6 Å². The molecule has 18 heavy (non-hydrogen) atoms. The lowest BCUT2D eigenvalue weighted by Crippen LogP contribution is -2.04. The van der Waals surface area contributed by atoms with Gasteiger partial charge in [0.25, 0.3) is 0 Å². The van der Waals surface area contributed by atoms with Crippen LogP contribution in [0.1, 0.15) is 16.7 Å². The Kier molecular flexibility index (Phi) is 4.00. The molecule has 0 fully saturated rings. The van der Waals surface area contributed by atoms with Crippen molar-refractivity contribution in [1.29, 1.82) is 0 Å². The summed E-state index contributed by atoms with van der Waals surface area (Å²) in [6, 6.07) is 15.3. The summed E-state index contributed by atoms with van der Waals surface area (Å²) in [5, 5.41) is 9.53. The van der Waals surface area contributed by atoms with Gasteiger partial charge in [-0.2, -0.15) is 0 Å². The van der Waals surface area contributed by atoms with E-state index in [0.717, 1.165) is 16.7 Å². The van der Waals surface area contributed by atoms with Crippen molar-refractivity contribution in [1.82, 2.24) is 0 Å². The van der Waals surface area contributed by atoms with Crippen molar-refractivity contribution < 1.29 is 9.90 Å². The SMILES string of the molecule is O=C(O)Cc1ccc(Cl)cc1Cc1ccccc1. The number of carboxylic acid groups (broad SMARTS) is 1. The second-order valence-electron chi connectivity index (χ2n) is 4.15. The molecule has 2 rings (SSSR count). The summed E-state index contributed by atoms with van der Waals surface area (Å²) in [6.07, 6.45) is 0.726. The largest absolute Gasteiger partial charge is 0.481 e. The van der Waals surface area contributed by atoms with Gasteiger partial charge in [0.15, 0.2) is 0 Å². The third kappa shape index (κ3) is 3.34. The van der Waals surface area contributed by atoms with Gasteiger partial charge in [0, 0.05) is 5.02 Å². The van der Waals surface area contributed by atoms with Gasteiger partial charge in [0.1, 0.15) is 0 Å². The molecule has 0 bridgehead atoms. The minimum atomic E-state index is -0.827. The van der Waals surface area contributed by atoms with Crippen LogP contribution in [0.25, 0.3) is 0 Å². The van der Waals surface area contributed by atoms with Crippen molar-refractivity contribution in [3.63, 3.8) is 0 Å². The van der Waals surface area contributed by atoms with E-state index < -0.39 is 5.97 Å². The molecule has 0 heterocycles. The van der Waals surface area contributed by atoms with Gasteiger partial charge in [0.05, 0.1) is 6.42 Å². The predicted molar refractivity (Wildman–Crippen MR) is 72.0 cm³/mol. The molecule has 0 amide bonds. The van der Waals surface area contributed by atoms with Crippen LogP contribution in [-0.4, -0.2) is 11.1 Å². The minimum Gasteiger partial charge on any atom is -0.481 e. The van der Waals surface area contributed by atoms with E-state index in [1.807, 2.05) is 36.4 Å². The summed E-state index contributed by atoms with van der Waals surface area (Å²) >= 11 is 5.97. The number of rotatable bonds is 4. The normalized spacial score (nSPS) is 10.3. The van der Waals surface area contributed by atoms with E-state index in [2.05, 4.69) is 0 Å². The monoisotopic (exact) mass is 260 g/mol. The third-order valence-corrected chi connectivity index (χ3v) is 2.98. The fraction of sp³-hybridized carbons (Fsp3) is 0.133. The molecule has 1 N–H and O–H groups in total. The smallest absolute Gasteiger partial charge is 0.307 e. The zero-order chi connectivity index (χ0) is 13.0. The first-order valence-electron chi connectivity index (χ1n) is 5.68. The van der Waals surface area contributed by atoms with Gasteiger partial charge in [-0.05, 0) is 35.2 Å². The molecule has 0 radical (unpaired) electrons. The Balaban J connectivity index is 2.30. The molecular formula is C15H13ClO2. The highest BCUT2D eigenvalue weighted by Gasteiger charge is 2.08. The van der Waals surface area contributed by atoms with E-state index in [1.165, 1.54) is 0 Å². The van der Waals surface area contributed by atoms with E-state index in [9.17, 15) is 4.79 Å². The van der Waals surface area contributed by atoms with Gasteiger partial charge >= 0.3 is 5.97 Å². The van der Waals surface area contributed by atoms with Crippen molar-refractivity contribution in [2.24, 2.45) is 0 Å². The summed E-state index contributed by atoms with van der Waals surface area (Å²) < 4.78 is 0. The summed E-state index contributed by atoms with van der Waals surface area (Å²) in [4.78, 5) is 10.8. The van der Waals surface area contributed by atoms with Gasteiger partial charge in [-0.1, -0.05) is 48.0 Å². The summed E-state index contributed by atoms with van der Waals surface area (Å²) in [5.74, 6) is -0.827. The third-order valence-electron chi connectivity index (χ3n) is 2.75. The number of benzene rings is 2. The van der Waals surface area contributed by atoms with Crippen LogP contribution < -0.4 is 0 Å². The molecular weight excluding hydrogens is 248 g/mol. The first kappa shape index (κ1) is 12.7. The number of hydrogen-bond donors (Lipinski definition) is 1. The van der Waals surface area contributed by atoms with Crippen molar-refractivity contribution >= 4 is 17.6 Å². The van der Waals surface area contributed by atoms with Gasteiger partial charge in [-0.25, -0.2) is 0 Å². The maximum Gasteiger partial charge on any atom is 0.307 e. The van der Waals surface area contributed by atoms with E-state index in [4.69, 9.17) is 16.7 Å². The molecule has 2 aromatic rings. The highest BCUT2D eigenvalue weighted by molar-refractivity contribution is 6.30. The van der Waals surface area contributed by atoms with Crippen LogP contribution in [0.3, 0.4) is 0 Å². The van der Waals surface area contributed by atoms with Crippen molar-refractivity contribution in [3.8, 4) is 0 Å². The van der Waals surface area contributed by atoms with Gasteiger partial charge in [-0.3, -0.25) is 4.79 Å². The van der Waals surface area contributed by atoms with Crippen molar-refractivity contribution in [2.75, 3.05) is 0 Å². The first-order valence-corrected chi connectivity index (χ1v) is 6.06. The molecule has 0 aliphatic rings. The van der Waals surface area contributed by atoms with Gasteiger partial charge < -0.3 is 5.11 Å². The fourth-order valence-corrected chi connectivity index (χ4v) is 2.10. The Bertz CT molecular complexity index is 550. The zero-order valence-corrected chi connectivity index (χ0v) is 10.5. The highest BCUT2D eigenvalue weighted by atomic mass is 35.5. The number of halogens is 1. The highest BCUT2D eigenvalue weighted by Crippen LogP contribution is 2.20. The molecule has 0 aliphatic heterocycles. The molecule has 0 atom stereocenters. The van der Waals surface area contributed by atoms with E-state index in [0.29, 0.717) is 11.4 Å². The molecule has 3 heteroatoms. The van der Waals surface area contributed by atoms with Crippen LogP contribution in [0.15, 0.2) is 48.5 Å². The Labute approximate surface area is 111 Å². The molecule has 0 unspecified atom stereocenters. The average molecular weight is 261 g/mol. The predicted octanol–water partition coefficient (Wildman–Crippen LogP) is 3.56. The molecule has 92 valence electrons. The van der Waals surface area contributed by atoms with Crippen LogP contribution in [0.2, 0.25) is 5.02 Å². The number of aliphatic carboxylic acids is 1.